The first-order valence-corrected chi connectivity index (χ1v) is 8.11. The summed E-state index contributed by atoms with van der Waals surface area (Å²) in [6.45, 7) is 0.264. The fourth-order valence-electron chi connectivity index (χ4n) is 2.06. The van der Waals surface area contributed by atoms with Crippen molar-refractivity contribution in [2.24, 2.45) is 0 Å². The van der Waals surface area contributed by atoms with Gasteiger partial charge in [-0.3, -0.25) is 0 Å². The molecule has 5 nitrogen and oxygen atoms in total. The lowest BCUT2D eigenvalue weighted by atomic mass is 10.0. The van der Waals surface area contributed by atoms with Crippen molar-refractivity contribution < 1.29 is 25.2 Å². The molecule has 0 saturated heterocycles. The number of rotatable bonds is 14. The second-order valence-electron chi connectivity index (χ2n) is 5.44. The summed E-state index contributed by atoms with van der Waals surface area (Å²) in [5.41, 5.74) is 0. The lowest BCUT2D eigenvalue weighted by Crippen LogP contribution is -2.23. The Bertz CT molecular complexity index is 325. The van der Waals surface area contributed by atoms with E-state index in [1.165, 1.54) is 0 Å². The Morgan fingerprint density at radius 1 is 0.909 bits per heavy atom. The fraction of sp³-hybridized carbons (Fsp3) is 0.706. The molecule has 0 aliphatic carbocycles. The van der Waals surface area contributed by atoms with Crippen molar-refractivity contribution in [1.82, 2.24) is 0 Å². The molecule has 22 heavy (non-hydrogen) atoms. The number of allylic oxidation sites excluding steroid dienone is 2. The van der Waals surface area contributed by atoms with E-state index in [9.17, 15) is 15.0 Å². The zero-order valence-corrected chi connectivity index (χ0v) is 13.2. The van der Waals surface area contributed by atoms with Gasteiger partial charge in [0.1, 0.15) is 0 Å². The van der Waals surface area contributed by atoms with Crippen LogP contribution in [0.1, 0.15) is 57.8 Å². The molecule has 0 heterocycles. The van der Waals surface area contributed by atoms with Crippen LogP contribution in [0.3, 0.4) is 0 Å². The molecule has 2 atom stereocenters. The van der Waals surface area contributed by atoms with Gasteiger partial charge in [-0.25, -0.2) is 4.79 Å². The maximum absolute atomic E-state index is 10.3. The standard InChI is InChI=1S/C17H30O5/c18-14-10-8-6-4-2-1-3-5-7-9-11-15(19)16(20)12-13-17(21)22/h2,4,12-13,15-16,18-20H,1,3,5-11,14H2,(H,21,22). The van der Waals surface area contributed by atoms with Crippen LogP contribution in [0.25, 0.3) is 0 Å². The second kappa shape index (κ2) is 14.8. The van der Waals surface area contributed by atoms with Gasteiger partial charge >= 0.3 is 5.97 Å². The minimum atomic E-state index is -1.13. The van der Waals surface area contributed by atoms with Crippen LogP contribution in [0.2, 0.25) is 0 Å². The molecule has 0 bridgehead atoms. The summed E-state index contributed by atoms with van der Waals surface area (Å²) >= 11 is 0. The van der Waals surface area contributed by atoms with E-state index in [0.29, 0.717) is 6.42 Å². The summed E-state index contributed by atoms with van der Waals surface area (Å²) in [7, 11) is 0. The lowest BCUT2D eigenvalue weighted by Gasteiger charge is -2.13. The third-order valence-corrected chi connectivity index (χ3v) is 3.40. The molecule has 0 aromatic rings. The highest BCUT2D eigenvalue weighted by Gasteiger charge is 2.12. The molecule has 0 aromatic carbocycles. The quantitative estimate of drug-likeness (QED) is 0.224. The number of unbranched alkanes of at least 4 members (excludes halogenated alkanes) is 6. The van der Waals surface area contributed by atoms with Gasteiger partial charge in [0.25, 0.3) is 0 Å². The summed E-state index contributed by atoms with van der Waals surface area (Å²) in [6.07, 6.45) is 12.7. The summed E-state index contributed by atoms with van der Waals surface area (Å²) < 4.78 is 0. The summed E-state index contributed by atoms with van der Waals surface area (Å²) in [6, 6.07) is 0. The van der Waals surface area contributed by atoms with E-state index in [0.717, 1.165) is 63.5 Å². The molecule has 0 amide bonds. The molecular formula is C17H30O5. The highest BCUT2D eigenvalue weighted by Crippen LogP contribution is 2.11. The summed E-state index contributed by atoms with van der Waals surface area (Å²) in [5.74, 6) is -1.13. The molecule has 4 N–H and O–H groups in total. The molecule has 2 unspecified atom stereocenters. The Balaban J connectivity index is 3.47. The first-order valence-electron chi connectivity index (χ1n) is 8.11. The van der Waals surface area contributed by atoms with E-state index < -0.39 is 18.2 Å². The zero-order valence-electron chi connectivity index (χ0n) is 13.2. The topological polar surface area (TPSA) is 98.0 Å². The smallest absolute Gasteiger partial charge is 0.328 e. The van der Waals surface area contributed by atoms with Crippen molar-refractivity contribution >= 4 is 5.97 Å². The van der Waals surface area contributed by atoms with E-state index in [1.54, 1.807) is 0 Å². The first-order chi connectivity index (χ1) is 10.6. The van der Waals surface area contributed by atoms with Gasteiger partial charge in [0.15, 0.2) is 0 Å². The summed E-state index contributed by atoms with van der Waals surface area (Å²) in [5, 5.41) is 36.2. The van der Waals surface area contributed by atoms with Gasteiger partial charge in [-0.05, 0) is 44.6 Å². The number of hydrogen-bond donors (Lipinski definition) is 4. The molecular weight excluding hydrogens is 284 g/mol. The largest absolute Gasteiger partial charge is 0.478 e. The predicted octanol–water partition coefficient (Wildman–Crippen LogP) is 2.41. The fourth-order valence-corrected chi connectivity index (χ4v) is 2.06. The number of aliphatic hydroxyl groups excluding tert-OH is 3. The Kier molecular flexibility index (Phi) is 14.0. The maximum atomic E-state index is 10.3. The average molecular weight is 314 g/mol. The second-order valence-corrected chi connectivity index (χ2v) is 5.44. The average Bonchev–Trinajstić information content (AvgIpc) is 2.49. The molecule has 0 saturated carbocycles. The van der Waals surface area contributed by atoms with Crippen LogP contribution >= 0.6 is 0 Å². The van der Waals surface area contributed by atoms with Crippen LogP contribution in [0, 0.1) is 0 Å². The number of aliphatic carboxylic acids is 1. The number of carboxylic acids is 1. The Morgan fingerprint density at radius 3 is 2.09 bits per heavy atom. The van der Waals surface area contributed by atoms with Gasteiger partial charge in [0.2, 0.25) is 0 Å². The molecule has 0 aliphatic rings. The Labute approximate surface area is 133 Å². The van der Waals surface area contributed by atoms with E-state index in [2.05, 4.69) is 12.2 Å². The van der Waals surface area contributed by atoms with Crippen LogP contribution in [-0.4, -0.2) is 45.2 Å². The van der Waals surface area contributed by atoms with Crippen LogP contribution in [0.5, 0.6) is 0 Å². The monoisotopic (exact) mass is 314 g/mol. The van der Waals surface area contributed by atoms with Crippen molar-refractivity contribution in [3.63, 3.8) is 0 Å². The number of aliphatic hydroxyl groups is 3. The maximum Gasteiger partial charge on any atom is 0.328 e. The third kappa shape index (κ3) is 13.8. The van der Waals surface area contributed by atoms with Gasteiger partial charge in [0.05, 0.1) is 12.2 Å². The van der Waals surface area contributed by atoms with Crippen molar-refractivity contribution in [1.29, 1.82) is 0 Å². The van der Waals surface area contributed by atoms with E-state index in [1.807, 2.05) is 0 Å². The number of carboxylic acid groups (broad SMARTS) is 1. The van der Waals surface area contributed by atoms with Crippen LogP contribution in [-0.2, 0) is 4.79 Å². The van der Waals surface area contributed by atoms with Crippen LogP contribution < -0.4 is 0 Å². The molecule has 0 aliphatic heterocycles. The van der Waals surface area contributed by atoms with Gasteiger partial charge in [-0.2, -0.15) is 0 Å². The Morgan fingerprint density at radius 2 is 1.50 bits per heavy atom. The number of hydrogen-bond acceptors (Lipinski definition) is 4. The first kappa shape index (κ1) is 20.8. The van der Waals surface area contributed by atoms with Gasteiger partial charge in [-0.1, -0.05) is 31.4 Å². The van der Waals surface area contributed by atoms with Crippen molar-refractivity contribution in [3.05, 3.63) is 24.3 Å². The van der Waals surface area contributed by atoms with E-state index in [-0.39, 0.29) is 6.61 Å². The highest BCUT2D eigenvalue weighted by molar-refractivity contribution is 5.79. The highest BCUT2D eigenvalue weighted by atomic mass is 16.4. The minimum absolute atomic E-state index is 0.264. The van der Waals surface area contributed by atoms with Crippen LogP contribution in [0.4, 0.5) is 0 Å². The molecule has 128 valence electrons. The zero-order chi connectivity index (χ0) is 16.6. The molecule has 0 spiro atoms. The van der Waals surface area contributed by atoms with Gasteiger partial charge < -0.3 is 20.4 Å². The third-order valence-electron chi connectivity index (χ3n) is 3.40. The molecule has 0 fully saturated rings. The molecule has 0 rings (SSSR count). The minimum Gasteiger partial charge on any atom is -0.478 e. The van der Waals surface area contributed by atoms with Crippen molar-refractivity contribution in [3.8, 4) is 0 Å². The normalized spacial score (nSPS) is 14.7. The van der Waals surface area contributed by atoms with Gasteiger partial charge in [0, 0.05) is 12.7 Å². The van der Waals surface area contributed by atoms with Gasteiger partial charge in [-0.15, -0.1) is 0 Å². The Hall–Kier alpha value is -1.17. The SMILES string of the molecule is O=C(O)C=CC(O)C(O)CCCCCCC=CCCCCO. The van der Waals surface area contributed by atoms with E-state index in [4.69, 9.17) is 10.2 Å². The summed E-state index contributed by atoms with van der Waals surface area (Å²) in [4.78, 5) is 10.3. The van der Waals surface area contributed by atoms with Crippen molar-refractivity contribution in [2.45, 2.75) is 70.0 Å². The molecule has 0 radical (unpaired) electrons. The lowest BCUT2D eigenvalue weighted by molar-refractivity contribution is -0.131. The molecule has 5 heteroatoms. The van der Waals surface area contributed by atoms with E-state index >= 15 is 0 Å². The number of carbonyl (C=O) groups is 1. The van der Waals surface area contributed by atoms with Crippen LogP contribution in [0.15, 0.2) is 24.3 Å². The predicted molar refractivity (Wildman–Crippen MR) is 86.6 cm³/mol. The molecule has 0 aromatic heterocycles. The van der Waals surface area contributed by atoms with Crippen molar-refractivity contribution in [2.75, 3.05) is 6.61 Å².